The van der Waals surface area contributed by atoms with Crippen molar-refractivity contribution in [2.24, 2.45) is 23.7 Å². The Morgan fingerprint density at radius 1 is 0.914 bits per heavy atom. The molecule has 2 nitrogen and oxygen atoms in total. The lowest BCUT2D eigenvalue weighted by Crippen LogP contribution is -2.31. The molecule has 0 aromatic heterocycles. The van der Waals surface area contributed by atoms with E-state index in [4.69, 9.17) is 9.47 Å². The molecule has 2 saturated carbocycles. The third-order valence-corrected chi connectivity index (χ3v) is 8.94. The maximum Gasteiger partial charge on any atom is 0.422 e. The number of hydrogen-bond donors (Lipinski definition) is 0. The van der Waals surface area contributed by atoms with Crippen LogP contribution in [0.25, 0.3) is 0 Å². The van der Waals surface area contributed by atoms with Gasteiger partial charge in [-0.1, -0.05) is 39.2 Å². The van der Waals surface area contributed by atoms with Crippen LogP contribution in [0.5, 0.6) is 5.75 Å². The highest BCUT2D eigenvalue weighted by Gasteiger charge is 2.41. The molecule has 2 unspecified atom stereocenters. The van der Waals surface area contributed by atoms with Crippen LogP contribution in [-0.4, -0.2) is 19.3 Å². The lowest BCUT2D eigenvalue weighted by Gasteiger charge is -2.37. The van der Waals surface area contributed by atoms with Gasteiger partial charge in [-0.15, -0.1) is 0 Å². The summed E-state index contributed by atoms with van der Waals surface area (Å²) in [6.45, 7) is 5.08. The highest BCUT2D eigenvalue weighted by molar-refractivity contribution is 5.42. The highest BCUT2D eigenvalue weighted by Crippen LogP contribution is 2.47. The molecule has 35 heavy (non-hydrogen) atoms. The quantitative estimate of drug-likeness (QED) is 0.349. The van der Waals surface area contributed by atoms with Gasteiger partial charge < -0.3 is 9.47 Å². The maximum absolute atomic E-state index is 15.4. The molecule has 4 rings (SSSR count). The van der Waals surface area contributed by atoms with Crippen molar-refractivity contribution in [1.82, 2.24) is 0 Å². The summed E-state index contributed by atoms with van der Waals surface area (Å²) in [5.41, 5.74) is -1.05. The first-order chi connectivity index (χ1) is 16.8. The van der Waals surface area contributed by atoms with Crippen LogP contribution in [-0.2, 0) is 10.9 Å². The molecule has 0 radical (unpaired) electrons. The monoisotopic (exact) mass is 498 g/mol. The van der Waals surface area contributed by atoms with Crippen molar-refractivity contribution in [2.75, 3.05) is 13.2 Å². The average molecular weight is 499 g/mol. The molecule has 2 aliphatic carbocycles. The average Bonchev–Trinajstić information content (AvgIpc) is 2.84. The van der Waals surface area contributed by atoms with Gasteiger partial charge in [0.1, 0.15) is 23.7 Å². The van der Waals surface area contributed by atoms with Crippen molar-refractivity contribution in [3.05, 3.63) is 29.1 Å². The van der Waals surface area contributed by atoms with Gasteiger partial charge in [-0.2, -0.15) is 13.2 Å². The van der Waals surface area contributed by atoms with Crippen molar-refractivity contribution >= 4 is 0 Å². The van der Waals surface area contributed by atoms with Crippen LogP contribution in [0.1, 0.15) is 108 Å². The summed E-state index contributed by atoms with van der Waals surface area (Å²) in [6.07, 6.45) is 7.48. The Balaban J connectivity index is 1.39. The lowest BCUT2D eigenvalue weighted by atomic mass is 9.68. The molecule has 6 heteroatoms. The van der Waals surface area contributed by atoms with Crippen LogP contribution in [0.15, 0.2) is 12.1 Å². The molecule has 1 aromatic carbocycles. The zero-order chi connectivity index (χ0) is 25.0. The van der Waals surface area contributed by atoms with E-state index in [9.17, 15) is 13.2 Å². The van der Waals surface area contributed by atoms with E-state index in [0.29, 0.717) is 18.4 Å². The molecular weight excluding hydrogens is 456 g/mol. The van der Waals surface area contributed by atoms with Crippen molar-refractivity contribution in [3.63, 3.8) is 0 Å². The van der Waals surface area contributed by atoms with E-state index in [1.165, 1.54) is 37.8 Å². The van der Waals surface area contributed by atoms with Crippen LogP contribution in [0.4, 0.5) is 17.6 Å². The maximum atomic E-state index is 15.4. The number of rotatable bonds is 7. The zero-order valence-electron chi connectivity index (χ0n) is 21.3. The summed E-state index contributed by atoms with van der Waals surface area (Å²) in [5, 5.41) is 0. The molecule has 1 saturated heterocycles. The van der Waals surface area contributed by atoms with Gasteiger partial charge >= 0.3 is 6.18 Å². The number of alkyl halides is 3. The molecule has 0 spiro atoms. The predicted molar refractivity (Wildman–Crippen MR) is 130 cm³/mol. The lowest BCUT2D eigenvalue weighted by molar-refractivity contribution is -0.142. The Bertz CT molecular complexity index is 800. The van der Waals surface area contributed by atoms with Crippen LogP contribution in [0.3, 0.4) is 0 Å². The van der Waals surface area contributed by atoms with Crippen LogP contribution < -0.4 is 4.74 Å². The first-order valence-corrected chi connectivity index (χ1v) is 13.9. The summed E-state index contributed by atoms with van der Waals surface area (Å²) in [5.74, 6) is 0.981. The van der Waals surface area contributed by atoms with E-state index in [2.05, 4.69) is 13.8 Å². The summed E-state index contributed by atoms with van der Waals surface area (Å²) in [6, 6.07) is 2.87. The third-order valence-electron chi connectivity index (χ3n) is 8.94. The number of halogens is 4. The fraction of sp³-hybridized carbons (Fsp3) is 0.793. The minimum Gasteiger partial charge on any atom is -0.490 e. The Labute approximate surface area is 208 Å². The molecule has 0 amide bonds. The fourth-order valence-electron chi connectivity index (χ4n) is 6.74. The van der Waals surface area contributed by atoms with E-state index >= 15 is 4.39 Å². The van der Waals surface area contributed by atoms with Crippen LogP contribution >= 0.6 is 0 Å². The SMILES string of the molecule is CCCC1CCC(COc2ccc(C3CCC(C4CCC(C)CC4)CC3)c(F)c2C(F)(F)F)OC1. The molecular formula is C29H42F4O2. The van der Waals surface area contributed by atoms with Crippen molar-refractivity contribution in [2.45, 2.75) is 109 Å². The van der Waals surface area contributed by atoms with Crippen LogP contribution in [0, 0.1) is 29.5 Å². The molecule has 3 fully saturated rings. The van der Waals surface area contributed by atoms with E-state index in [0.717, 1.165) is 63.2 Å². The second-order valence-corrected chi connectivity index (χ2v) is 11.5. The molecule has 1 heterocycles. The van der Waals surface area contributed by atoms with Crippen molar-refractivity contribution in [1.29, 1.82) is 0 Å². The molecule has 0 N–H and O–H groups in total. The Morgan fingerprint density at radius 2 is 1.57 bits per heavy atom. The largest absolute Gasteiger partial charge is 0.490 e. The summed E-state index contributed by atoms with van der Waals surface area (Å²) in [7, 11) is 0. The zero-order valence-corrected chi connectivity index (χ0v) is 21.3. The predicted octanol–water partition coefficient (Wildman–Crippen LogP) is 8.92. The molecule has 1 aromatic rings. The van der Waals surface area contributed by atoms with Crippen molar-refractivity contribution in [3.8, 4) is 5.75 Å². The summed E-state index contributed by atoms with van der Waals surface area (Å²) < 4.78 is 68.6. The van der Waals surface area contributed by atoms with E-state index in [1.807, 2.05) is 0 Å². The first-order valence-electron chi connectivity index (χ1n) is 13.9. The Kier molecular flexibility index (Phi) is 9.04. The van der Waals surface area contributed by atoms with Gasteiger partial charge in [-0.3, -0.25) is 0 Å². The standard InChI is InChI=1S/C29H42F4O2/c1-3-4-20-7-14-24(34-17-20)18-35-26-16-15-25(28(30)27(26)29(31,32)33)23-12-10-22(11-13-23)21-8-5-19(2)6-9-21/h15-16,19-24H,3-14,17-18H2,1-2H3. The van der Waals surface area contributed by atoms with Gasteiger partial charge in [0.05, 0.1) is 6.10 Å². The number of hydrogen-bond acceptors (Lipinski definition) is 2. The van der Waals surface area contributed by atoms with E-state index < -0.39 is 23.3 Å². The number of benzene rings is 1. The Hall–Kier alpha value is -1.30. The smallest absolute Gasteiger partial charge is 0.422 e. The molecule has 1 aliphatic heterocycles. The second kappa shape index (κ2) is 11.8. The molecule has 3 aliphatic rings. The molecule has 198 valence electrons. The number of ether oxygens (including phenoxy) is 2. The third kappa shape index (κ3) is 6.72. The molecule has 2 atom stereocenters. The van der Waals surface area contributed by atoms with Gasteiger partial charge in [-0.25, -0.2) is 4.39 Å². The normalized spacial score (nSPS) is 32.4. The topological polar surface area (TPSA) is 18.5 Å². The van der Waals surface area contributed by atoms with Gasteiger partial charge in [-0.05, 0) is 99.0 Å². The minimum absolute atomic E-state index is 0.0197. The first kappa shape index (κ1) is 26.8. The fourth-order valence-corrected chi connectivity index (χ4v) is 6.74. The highest BCUT2D eigenvalue weighted by atomic mass is 19.4. The van der Waals surface area contributed by atoms with Gasteiger partial charge in [0, 0.05) is 6.61 Å². The minimum atomic E-state index is -4.80. The van der Waals surface area contributed by atoms with E-state index in [-0.39, 0.29) is 24.2 Å². The van der Waals surface area contributed by atoms with E-state index in [1.54, 1.807) is 0 Å². The Morgan fingerprint density at radius 3 is 2.14 bits per heavy atom. The van der Waals surface area contributed by atoms with Crippen molar-refractivity contribution < 1.29 is 27.0 Å². The van der Waals surface area contributed by atoms with Crippen LogP contribution in [0.2, 0.25) is 0 Å². The van der Waals surface area contributed by atoms with Gasteiger partial charge in [0.2, 0.25) is 0 Å². The summed E-state index contributed by atoms with van der Waals surface area (Å²) >= 11 is 0. The van der Waals surface area contributed by atoms with Gasteiger partial charge in [0.15, 0.2) is 0 Å². The van der Waals surface area contributed by atoms with Gasteiger partial charge in [0.25, 0.3) is 0 Å². The molecule has 0 bridgehead atoms. The second-order valence-electron chi connectivity index (χ2n) is 11.5. The summed E-state index contributed by atoms with van der Waals surface area (Å²) in [4.78, 5) is 0.